The van der Waals surface area contributed by atoms with Gasteiger partial charge in [-0.3, -0.25) is 5.41 Å². The number of nitrogens with zero attached hydrogens (tertiary/aromatic N) is 3. The van der Waals surface area contributed by atoms with E-state index in [4.69, 9.17) is 11.1 Å². The van der Waals surface area contributed by atoms with Crippen LogP contribution in [0.2, 0.25) is 0 Å². The van der Waals surface area contributed by atoms with Gasteiger partial charge in [-0.15, -0.1) is 0 Å². The van der Waals surface area contributed by atoms with Crippen LogP contribution in [0.3, 0.4) is 0 Å². The van der Waals surface area contributed by atoms with Crippen molar-refractivity contribution in [3.8, 4) is 0 Å². The van der Waals surface area contributed by atoms with Gasteiger partial charge in [0.2, 0.25) is 0 Å². The Kier molecular flexibility index (Phi) is 4.22. The van der Waals surface area contributed by atoms with Gasteiger partial charge in [0.1, 0.15) is 11.5 Å². The van der Waals surface area contributed by atoms with Crippen molar-refractivity contribution in [1.82, 2.24) is 9.97 Å². The van der Waals surface area contributed by atoms with Gasteiger partial charge in [-0.05, 0) is 20.3 Å². The number of hydrogen-bond donors (Lipinski definition) is 2. The second-order valence-corrected chi connectivity index (χ2v) is 3.93. The predicted molar refractivity (Wildman–Crippen MR) is 65.8 cm³/mol. The topological polar surface area (TPSA) is 78.9 Å². The number of nitrogen functional groups attached to an aromatic ring is 1. The van der Waals surface area contributed by atoms with Gasteiger partial charge in [0, 0.05) is 25.0 Å². The second kappa shape index (κ2) is 5.44. The number of rotatable bonds is 5. The molecule has 0 atom stereocenters. The highest BCUT2D eigenvalue weighted by atomic mass is 15.2. The van der Waals surface area contributed by atoms with Crippen molar-refractivity contribution >= 4 is 11.7 Å². The minimum atomic E-state index is -0.0372. The SMILES string of the molecule is CCCN(c1nccnc1C(=N)N)C(C)C. The highest BCUT2D eigenvalue weighted by molar-refractivity contribution is 5.97. The van der Waals surface area contributed by atoms with Crippen LogP contribution in [0.25, 0.3) is 0 Å². The second-order valence-electron chi connectivity index (χ2n) is 3.93. The summed E-state index contributed by atoms with van der Waals surface area (Å²) in [5, 5.41) is 7.49. The molecule has 88 valence electrons. The fourth-order valence-electron chi connectivity index (χ4n) is 1.58. The van der Waals surface area contributed by atoms with Gasteiger partial charge in [0.05, 0.1) is 0 Å². The zero-order valence-electron chi connectivity index (χ0n) is 10.1. The molecule has 0 saturated carbocycles. The highest BCUT2D eigenvalue weighted by Crippen LogP contribution is 2.17. The Bertz CT molecular complexity index is 361. The third-order valence-electron chi connectivity index (χ3n) is 2.29. The molecule has 3 N–H and O–H groups in total. The van der Waals surface area contributed by atoms with E-state index in [0.717, 1.165) is 13.0 Å². The molecule has 0 aromatic carbocycles. The minimum absolute atomic E-state index is 0.0372. The van der Waals surface area contributed by atoms with Crippen LogP contribution in [-0.2, 0) is 0 Å². The molecule has 0 bridgehead atoms. The van der Waals surface area contributed by atoms with E-state index in [0.29, 0.717) is 17.6 Å². The first kappa shape index (κ1) is 12.4. The lowest BCUT2D eigenvalue weighted by molar-refractivity contribution is 0.659. The molecule has 5 heteroatoms. The van der Waals surface area contributed by atoms with Crippen molar-refractivity contribution in [1.29, 1.82) is 5.41 Å². The van der Waals surface area contributed by atoms with Crippen molar-refractivity contribution in [3.05, 3.63) is 18.1 Å². The van der Waals surface area contributed by atoms with E-state index in [1.807, 2.05) is 0 Å². The average Bonchev–Trinajstić information content (AvgIpc) is 2.25. The van der Waals surface area contributed by atoms with Gasteiger partial charge in [0.15, 0.2) is 5.82 Å². The van der Waals surface area contributed by atoms with Crippen LogP contribution in [0.15, 0.2) is 12.4 Å². The zero-order valence-corrected chi connectivity index (χ0v) is 10.1. The van der Waals surface area contributed by atoms with Crippen molar-refractivity contribution in [2.75, 3.05) is 11.4 Å². The standard InChI is InChI=1S/C11H19N5/c1-4-7-16(8(2)3)11-9(10(12)13)14-5-6-15-11/h5-6,8H,4,7H2,1-3H3,(H3,12,13). The fourth-order valence-corrected chi connectivity index (χ4v) is 1.58. The van der Waals surface area contributed by atoms with Gasteiger partial charge in [-0.25, -0.2) is 9.97 Å². The van der Waals surface area contributed by atoms with E-state index in [2.05, 4.69) is 35.6 Å². The fraction of sp³-hybridized carbons (Fsp3) is 0.545. The summed E-state index contributed by atoms with van der Waals surface area (Å²) in [5.74, 6) is 0.664. The Balaban J connectivity index is 3.12. The van der Waals surface area contributed by atoms with Gasteiger partial charge in [0.25, 0.3) is 0 Å². The minimum Gasteiger partial charge on any atom is -0.382 e. The molecule has 0 amide bonds. The van der Waals surface area contributed by atoms with Crippen LogP contribution in [0, 0.1) is 5.41 Å². The average molecular weight is 221 g/mol. The van der Waals surface area contributed by atoms with Gasteiger partial charge >= 0.3 is 0 Å². The van der Waals surface area contributed by atoms with Gasteiger partial charge in [-0.2, -0.15) is 0 Å². The summed E-state index contributed by atoms with van der Waals surface area (Å²) in [6.45, 7) is 7.18. The van der Waals surface area contributed by atoms with Crippen molar-refractivity contribution in [2.24, 2.45) is 5.73 Å². The van der Waals surface area contributed by atoms with Gasteiger partial charge in [-0.1, -0.05) is 6.92 Å². The molecule has 0 aliphatic heterocycles. The maximum absolute atomic E-state index is 7.49. The number of amidine groups is 1. The summed E-state index contributed by atoms with van der Waals surface area (Å²) in [7, 11) is 0. The first-order chi connectivity index (χ1) is 7.57. The first-order valence-electron chi connectivity index (χ1n) is 5.50. The maximum Gasteiger partial charge on any atom is 0.158 e. The molecule has 1 aromatic rings. The predicted octanol–water partition coefficient (Wildman–Crippen LogP) is 1.39. The summed E-state index contributed by atoms with van der Waals surface area (Å²) in [5.41, 5.74) is 5.97. The molecule has 0 unspecified atom stereocenters. The molecule has 0 fully saturated rings. The molecule has 0 saturated heterocycles. The molecule has 1 heterocycles. The molecular weight excluding hydrogens is 202 g/mol. The van der Waals surface area contributed by atoms with E-state index in [1.165, 1.54) is 0 Å². The number of aromatic nitrogens is 2. The van der Waals surface area contributed by atoms with E-state index in [-0.39, 0.29) is 5.84 Å². The molecule has 0 radical (unpaired) electrons. The zero-order chi connectivity index (χ0) is 12.1. The van der Waals surface area contributed by atoms with E-state index < -0.39 is 0 Å². The van der Waals surface area contributed by atoms with Crippen LogP contribution in [0.4, 0.5) is 5.82 Å². The molecular formula is C11H19N5. The van der Waals surface area contributed by atoms with Crippen LogP contribution in [-0.4, -0.2) is 28.4 Å². The molecule has 16 heavy (non-hydrogen) atoms. The number of nitrogens with two attached hydrogens (primary N) is 1. The Labute approximate surface area is 96.2 Å². The third kappa shape index (κ3) is 2.68. The van der Waals surface area contributed by atoms with Crippen LogP contribution >= 0.6 is 0 Å². The molecule has 0 spiro atoms. The first-order valence-corrected chi connectivity index (χ1v) is 5.50. The Morgan fingerprint density at radius 1 is 1.44 bits per heavy atom. The van der Waals surface area contributed by atoms with Crippen LogP contribution in [0.5, 0.6) is 0 Å². The molecule has 0 aliphatic carbocycles. The van der Waals surface area contributed by atoms with Gasteiger partial charge < -0.3 is 10.6 Å². The van der Waals surface area contributed by atoms with Crippen molar-refractivity contribution < 1.29 is 0 Å². The third-order valence-corrected chi connectivity index (χ3v) is 2.29. The van der Waals surface area contributed by atoms with Crippen molar-refractivity contribution in [2.45, 2.75) is 33.2 Å². The summed E-state index contributed by atoms with van der Waals surface area (Å²) in [4.78, 5) is 10.5. The lowest BCUT2D eigenvalue weighted by Crippen LogP contribution is -2.34. The number of nitrogens with one attached hydrogen (secondary N) is 1. The summed E-state index contributed by atoms with van der Waals surface area (Å²) < 4.78 is 0. The van der Waals surface area contributed by atoms with Crippen molar-refractivity contribution in [3.63, 3.8) is 0 Å². The molecule has 0 aliphatic rings. The van der Waals surface area contributed by atoms with E-state index in [9.17, 15) is 0 Å². The Morgan fingerprint density at radius 2 is 2.06 bits per heavy atom. The van der Waals surface area contributed by atoms with Crippen LogP contribution in [0.1, 0.15) is 32.9 Å². The Morgan fingerprint density at radius 3 is 2.56 bits per heavy atom. The molecule has 5 nitrogen and oxygen atoms in total. The quantitative estimate of drug-likeness (QED) is 0.581. The van der Waals surface area contributed by atoms with E-state index in [1.54, 1.807) is 12.4 Å². The largest absolute Gasteiger partial charge is 0.382 e. The maximum atomic E-state index is 7.49. The Hall–Kier alpha value is -1.65. The van der Waals surface area contributed by atoms with Crippen LogP contribution < -0.4 is 10.6 Å². The number of anilines is 1. The lowest BCUT2D eigenvalue weighted by atomic mass is 10.2. The summed E-state index contributed by atoms with van der Waals surface area (Å²) in [6.07, 6.45) is 4.21. The normalized spacial score (nSPS) is 10.5. The monoisotopic (exact) mass is 221 g/mol. The number of hydrogen-bond acceptors (Lipinski definition) is 4. The highest BCUT2D eigenvalue weighted by Gasteiger charge is 2.17. The van der Waals surface area contributed by atoms with E-state index >= 15 is 0 Å². The molecule has 1 aromatic heterocycles. The summed E-state index contributed by atoms with van der Waals surface area (Å²) >= 11 is 0. The smallest absolute Gasteiger partial charge is 0.158 e. The summed E-state index contributed by atoms with van der Waals surface area (Å²) in [6, 6.07) is 0.315. The lowest BCUT2D eigenvalue weighted by Gasteiger charge is -2.28. The molecule has 1 rings (SSSR count).